The van der Waals surface area contributed by atoms with Crippen LogP contribution in [0.3, 0.4) is 0 Å². The summed E-state index contributed by atoms with van der Waals surface area (Å²) in [6.45, 7) is 12.4. The van der Waals surface area contributed by atoms with E-state index in [9.17, 15) is 0 Å². The zero-order valence-corrected chi connectivity index (χ0v) is 14.4. The fourth-order valence-corrected chi connectivity index (χ4v) is 3.47. The van der Waals surface area contributed by atoms with E-state index >= 15 is 0 Å². The first-order chi connectivity index (χ1) is 10.6. The van der Waals surface area contributed by atoms with E-state index < -0.39 is 0 Å². The van der Waals surface area contributed by atoms with Crippen molar-refractivity contribution in [1.29, 1.82) is 0 Å². The molecule has 2 heterocycles. The zero-order valence-electron chi connectivity index (χ0n) is 14.4. The number of nitrogens with one attached hydrogen (secondary N) is 1. The Balaban J connectivity index is 2.07. The number of hydrogen-bond acceptors (Lipinski definition) is 2. The lowest BCUT2D eigenvalue weighted by Crippen LogP contribution is -2.28. The first kappa shape index (κ1) is 15.5. The van der Waals surface area contributed by atoms with Crippen molar-refractivity contribution in [2.45, 2.75) is 58.9 Å². The Labute approximate surface area is 134 Å². The molecule has 3 heteroatoms. The molecule has 1 aromatic heterocycles. The van der Waals surface area contributed by atoms with Gasteiger partial charge < -0.3 is 9.88 Å². The van der Waals surface area contributed by atoms with Crippen LogP contribution < -0.4 is 5.32 Å². The molecule has 2 aromatic rings. The van der Waals surface area contributed by atoms with E-state index in [4.69, 9.17) is 4.98 Å². The van der Waals surface area contributed by atoms with Crippen molar-refractivity contribution in [3.8, 4) is 0 Å². The Morgan fingerprint density at radius 3 is 2.55 bits per heavy atom. The fourth-order valence-electron chi connectivity index (χ4n) is 3.47. The summed E-state index contributed by atoms with van der Waals surface area (Å²) in [7, 11) is 0. The molecule has 0 aliphatic carbocycles. The Morgan fingerprint density at radius 2 is 1.91 bits per heavy atom. The second-order valence-corrected chi connectivity index (χ2v) is 7.40. The van der Waals surface area contributed by atoms with Crippen LogP contribution in [0.1, 0.15) is 63.8 Å². The molecule has 0 bridgehead atoms. The van der Waals surface area contributed by atoms with Gasteiger partial charge in [-0.3, -0.25) is 0 Å². The normalized spacial score (nSPS) is 17.0. The Bertz CT molecular complexity index is 633. The predicted molar refractivity (Wildman–Crippen MR) is 93.5 cm³/mol. The van der Waals surface area contributed by atoms with Gasteiger partial charge in [0, 0.05) is 12.5 Å². The van der Waals surface area contributed by atoms with Gasteiger partial charge in [0.2, 0.25) is 0 Å². The molecule has 0 saturated carbocycles. The van der Waals surface area contributed by atoms with Crippen molar-refractivity contribution >= 4 is 11.0 Å². The molecule has 1 aromatic carbocycles. The number of fused-ring (bicyclic) bond motifs is 1. The molecule has 1 fully saturated rings. The average molecular weight is 299 g/mol. The Hall–Kier alpha value is -1.35. The van der Waals surface area contributed by atoms with Crippen LogP contribution in [0.5, 0.6) is 0 Å². The molecule has 0 unspecified atom stereocenters. The molecule has 0 radical (unpaired) electrons. The molecule has 22 heavy (non-hydrogen) atoms. The van der Waals surface area contributed by atoms with Crippen LogP contribution in [0.2, 0.25) is 0 Å². The number of imidazole rings is 1. The van der Waals surface area contributed by atoms with E-state index in [1.54, 1.807) is 0 Å². The second-order valence-electron chi connectivity index (χ2n) is 7.40. The third kappa shape index (κ3) is 3.05. The molecule has 1 saturated heterocycles. The van der Waals surface area contributed by atoms with Gasteiger partial charge in [0.25, 0.3) is 0 Å². The number of benzene rings is 1. The molecule has 1 aliphatic rings. The minimum Gasteiger partial charge on any atom is -0.327 e. The SMILES string of the molecule is CC(C)Cn1c(C2CCNCC2)nc2cc(C(C)C)ccc21. The van der Waals surface area contributed by atoms with Crippen molar-refractivity contribution in [2.24, 2.45) is 5.92 Å². The largest absolute Gasteiger partial charge is 0.327 e. The first-order valence-corrected chi connectivity index (χ1v) is 8.77. The van der Waals surface area contributed by atoms with Gasteiger partial charge in [0.1, 0.15) is 5.82 Å². The molecule has 1 N–H and O–H groups in total. The molecule has 3 rings (SSSR count). The van der Waals surface area contributed by atoms with Crippen LogP contribution in [0.15, 0.2) is 18.2 Å². The van der Waals surface area contributed by atoms with Crippen molar-refractivity contribution in [2.75, 3.05) is 13.1 Å². The summed E-state index contributed by atoms with van der Waals surface area (Å²) >= 11 is 0. The van der Waals surface area contributed by atoms with Crippen molar-refractivity contribution in [3.05, 3.63) is 29.6 Å². The molecular weight excluding hydrogens is 270 g/mol. The van der Waals surface area contributed by atoms with Crippen LogP contribution >= 0.6 is 0 Å². The van der Waals surface area contributed by atoms with E-state index in [0.29, 0.717) is 17.8 Å². The van der Waals surface area contributed by atoms with Gasteiger partial charge in [-0.2, -0.15) is 0 Å². The summed E-state index contributed by atoms with van der Waals surface area (Å²) in [6, 6.07) is 6.85. The van der Waals surface area contributed by atoms with Gasteiger partial charge in [0.05, 0.1) is 11.0 Å². The predicted octanol–water partition coefficient (Wildman–Crippen LogP) is 4.28. The van der Waals surface area contributed by atoms with Gasteiger partial charge in [-0.05, 0) is 55.5 Å². The van der Waals surface area contributed by atoms with E-state index in [-0.39, 0.29) is 0 Å². The van der Waals surface area contributed by atoms with Crippen LogP contribution in [0.25, 0.3) is 11.0 Å². The van der Waals surface area contributed by atoms with Crippen molar-refractivity contribution < 1.29 is 0 Å². The number of aromatic nitrogens is 2. The lowest BCUT2D eigenvalue weighted by atomic mass is 9.97. The zero-order chi connectivity index (χ0) is 15.7. The molecule has 0 spiro atoms. The maximum Gasteiger partial charge on any atom is 0.113 e. The highest BCUT2D eigenvalue weighted by atomic mass is 15.1. The first-order valence-electron chi connectivity index (χ1n) is 8.77. The van der Waals surface area contributed by atoms with Crippen molar-refractivity contribution in [1.82, 2.24) is 14.9 Å². The van der Waals surface area contributed by atoms with E-state index in [1.165, 1.54) is 35.3 Å². The standard InChI is InChI=1S/C19H29N3/c1-13(2)12-22-18-6-5-16(14(3)4)11-17(18)21-19(22)15-7-9-20-10-8-15/h5-6,11,13-15,20H,7-10,12H2,1-4H3. The van der Waals surface area contributed by atoms with Crippen LogP contribution in [-0.4, -0.2) is 22.6 Å². The monoisotopic (exact) mass is 299 g/mol. The van der Waals surface area contributed by atoms with Crippen LogP contribution in [0, 0.1) is 5.92 Å². The lowest BCUT2D eigenvalue weighted by Gasteiger charge is -2.23. The van der Waals surface area contributed by atoms with Crippen LogP contribution in [0.4, 0.5) is 0 Å². The fraction of sp³-hybridized carbons (Fsp3) is 0.632. The van der Waals surface area contributed by atoms with E-state index in [1.807, 2.05) is 0 Å². The number of hydrogen-bond donors (Lipinski definition) is 1. The summed E-state index contributed by atoms with van der Waals surface area (Å²) in [5.74, 6) is 3.12. The summed E-state index contributed by atoms with van der Waals surface area (Å²) < 4.78 is 2.49. The molecule has 120 valence electrons. The minimum atomic E-state index is 0.557. The third-order valence-electron chi connectivity index (χ3n) is 4.72. The molecule has 1 aliphatic heterocycles. The Morgan fingerprint density at radius 1 is 1.18 bits per heavy atom. The maximum absolute atomic E-state index is 5.07. The molecule has 0 atom stereocenters. The van der Waals surface area contributed by atoms with Gasteiger partial charge in [-0.15, -0.1) is 0 Å². The minimum absolute atomic E-state index is 0.557. The summed E-state index contributed by atoms with van der Waals surface area (Å²) in [5, 5.41) is 3.47. The van der Waals surface area contributed by atoms with Gasteiger partial charge in [0.15, 0.2) is 0 Å². The van der Waals surface area contributed by atoms with E-state index in [0.717, 1.165) is 19.6 Å². The summed E-state index contributed by atoms with van der Waals surface area (Å²) in [5.41, 5.74) is 3.88. The maximum atomic E-state index is 5.07. The molecular formula is C19H29N3. The molecule has 0 amide bonds. The number of piperidine rings is 1. The third-order valence-corrected chi connectivity index (χ3v) is 4.72. The quantitative estimate of drug-likeness (QED) is 0.913. The summed E-state index contributed by atoms with van der Waals surface area (Å²) in [4.78, 5) is 5.07. The van der Waals surface area contributed by atoms with Gasteiger partial charge >= 0.3 is 0 Å². The Kier molecular flexibility index (Phi) is 4.53. The smallest absolute Gasteiger partial charge is 0.113 e. The average Bonchev–Trinajstić information content (AvgIpc) is 2.85. The van der Waals surface area contributed by atoms with Gasteiger partial charge in [-0.25, -0.2) is 4.98 Å². The second kappa shape index (κ2) is 6.41. The molecule has 3 nitrogen and oxygen atoms in total. The summed E-state index contributed by atoms with van der Waals surface area (Å²) in [6.07, 6.45) is 2.41. The number of rotatable bonds is 4. The van der Waals surface area contributed by atoms with Crippen LogP contribution in [-0.2, 0) is 6.54 Å². The highest BCUT2D eigenvalue weighted by molar-refractivity contribution is 5.77. The highest BCUT2D eigenvalue weighted by Gasteiger charge is 2.22. The topological polar surface area (TPSA) is 29.9 Å². The highest BCUT2D eigenvalue weighted by Crippen LogP contribution is 2.30. The van der Waals surface area contributed by atoms with E-state index in [2.05, 4.69) is 55.8 Å². The lowest BCUT2D eigenvalue weighted by molar-refractivity contribution is 0.419. The number of nitrogens with zero attached hydrogens (tertiary/aromatic N) is 2. The van der Waals surface area contributed by atoms with Gasteiger partial charge in [-0.1, -0.05) is 33.8 Å². The van der Waals surface area contributed by atoms with Crippen molar-refractivity contribution in [3.63, 3.8) is 0 Å².